The molecule has 1 N–H and O–H groups in total. The summed E-state index contributed by atoms with van der Waals surface area (Å²) in [5.41, 5.74) is 6.20. The Labute approximate surface area is 192 Å². The molecule has 160 valence electrons. The lowest BCUT2D eigenvalue weighted by molar-refractivity contribution is 0.122. The van der Waals surface area contributed by atoms with E-state index in [1.54, 1.807) is 6.20 Å². The Hall–Kier alpha value is -3.41. The summed E-state index contributed by atoms with van der Waals surface area (Å²) in [6.07, 6.45) is 1.78. The van der Waals surface area contributed by atoms with Gasteiger partial charge in [0, 0.05) is 41.2 Å². The molecule has 0 saturated carbocycles. The first-order valence-electron chi connectivity index (χ1n) is 10.6. The van der Waals surface area contributed by atoms with E-state index in [1.165, 1.54) is 5.69 Å². The maximum atomic E-state index is 6.17. The van der Waals surface area contributed by atoms with Crippen molar-refractivity contribution >= 4 is 28.9 Å². The van der Waals surface area contributed by atoms with Gasteiger partial charge in [-0.05, 0) is 59.7 Å². The summed E-state index contributed by atoms with van der Waals surface area (Å²) in [4.78, 5) is 11.5. The van der Waals surface area contributed by atoms with Crippen LogP contribution in [0.4, 0.5) is 17.3 Å². The highest BCUT2D eigenvalue weighted by Gasteiger charge is 2.11. The smallest absolute Gasteiger partial charge is 0.227 e. The van der Waals surface area contributed by atoms with Gasteiger partial charge in [0.2, 0.25) is 5.95 Å². The second-order valence-corrected chi connectivity index (χ2v) is 8.06. The number of morpholine rings is 1. The number of nitrogens with zero attached hydrogens (tertiary/aromatic N) is 3. The van der Waals surface area contributed by atoms with Crippen LogP contribution in [-0.2, 0) is 4.74 Å². The minimum Gasteiger partial charge on any atom is -0.378 e. The van der Waals surface area contributed by atoms with Crippen LogP contribution in [0.2, 0.25) is 5.02 Å². The second-order valence-electron chi connectivity index (χ2n) is 7.63. The van der Waals surface area contributed by atoms with E-state index < -0.39 is 0 Å². The summed E-state index contributed by atoms with van der Waals surface area (Å²) in [6.45, 7) is 3.40. The quantitative estimate of drug-likeness (QED) is 0.408. The Kier molecular flexibility index (Phi) is 6.01. The van der Waals surface area contributed by atoms with Crippen molar-refractivity contribution in [1.29, 1.82) is 0 Å². The molecule has 3 aromatic carbocycles. The molecule has 6 heteroatoms. The van der Waals surface area contributed by atoms with Crippen molar-refractivity contribution in [3.8, 4) is 22.4 Å². The van der Waals surface area contributed by atoms with E-state index in [4.69, 9.17) is 21.3 Å². The number of ether oxygens (including phenoxy) is 1. The summed E-state index contributed by atoms with van der Waals surface area (Å²) in [6, 6.07) is 26.4. The van der Waals surface area contributed by atoms with Crippen molar-refractivity contribution in [1.82, 2.24) is 9.97 Å². The van der Waals surface area contributed by atoms with Crippen molar-refractivity contribution in [3.05, 3.63) is 90.1 Å². The van der Waals surface area contributed by atoms with Crippen LogP contribution in [0.15, 0.2) is 85.1 Å². The van der Waals surface area contributed by atoms with Crippen LogP contribution >= 0.6 is 11.6 Å². The Morgan fingerprint density at radius 3 is 2.31 bits per heavy atom. The molecule has 1 aliphatic rings. The monoisotopic (exact) mass is 442 g/mol. The van der Waals surface area contributed by atoms with E-state index in [0.717, 1.165) is 59.4 Å². The molecule has 1 aromatic heterocycles. The van der Waals surface area contributed by atoms with Crippen LogP contribution < -0.4 is 10.2 Å². The molecule has 0 unspecified atom stereocenters. The molecule has 4 aromatic rings. The summed E-state index contributed by atoms with van der Waals surface area (Å²) in [5, 5.41) is 4.04. The zero-order valence-electron chi connectivity index (χ0n) is 17.5. The second kappa shape index (κ2) is 9.39. The van der Waals surface area contributed by atoms with E-state index in [-0.39, 0.29) is 0 Å². The molecule has 0 aliphatic carbocycles. The molecular formula is C26H23ClN4O. The van der Waals surface area contributed by atoms with Gasteiger partial charge in [-0.3, -0.25) is 0 Å². The maximum Gasteiger partial charge on any atom is 0.227 e. The minimum absolute atomic E-state index is 0.565. The van der Waals surface area contributed by atoms with Gasteiger partial charge in [0.25, 0.3) is 0 Å². The summed E-state index contributed by atoms with van der Waals surface area (Å²) >= 11 is 6.17. The molecule has 5 nitrogen and oxygen atoms in total. The normalized spacial score (nSPS) is 13.7. The lowest BCUT2D eigenvalue weighted by atomic mass is 10.0. The SMILES string of the molecule is Clc1cccc(-c2cccc(-c3ccnc(Nc4ccc(N5CCOCC5)cc4)n3)c2)c1. The first-order valence-corrected chi connectivity index (χ1v) is 11.0. The Morgan fingerprint density at radius 2 is 1.53 bits per heavy atom. The highest BCUT2D eigenvalue weighted by Crippen LogP contribution is 2.28. The van der Waals surface area contributed by atoms with E-state index >= 15 is 0 Å². The van der Waals surface area contributed by atoms with Crippen LogP contribution in [0.5, 0.6) is 0 Å². The van der Waals surface area contributed by atoms with Gasteiger partial charge in [-0.2, -0.15) is 0 Å². The first-order chi connectivity index (χ1) is 15.7. The highest BCUT2D eigenvalue weighted by molar-refractivity contribution is 6.30. The molecule has 5 rings (SSSR count). The van der Waals surface area contributed by atoms with Crippen LogP contribution in [0.3, 0.4) is 0 Å². The van der Waals surface area contributed by atoms with Gasteiger partial charge < -0.3 is 15.0 Å². The fourth-order valence-corrected chi connectivity index (χ4v) is 4.00. The lowest BCUT2D eigenvalue weighted by Gasteiger charge is -2.28. The molecule has 1 saturated heterocycles. The standard InChI is InChI=1S/C26H23ClN4O/c27-22-6-2-4-20(18-22)19-3-1-5-21(17-19)25-11-12-28-26(30-25)29-23-7-9-24(10-8-23)31-13-15-32-16-14-31/h1-12,17-18H,13-16H2,(H,28,29,30). The average Bonchev–Trinajstić information content (AvgIpc) is 2.85. The predicted octanol–water partition coefficient (Wildman–Crippen LogP) is 6.04. The van der Waals surface area contributed by atoms with Crippen molar-refractivity contribution in [3.63, 3.8) is 0 Å². The third-order valence-corrected chi connectivity index (χ3v) is 5.71. The lowest BCUT2D eigenvalue weighted by Crippen LogP contribution is -2.36. The first kappa shape index (κ1) is 20.5. The van der Waals surface area contributed by atoms with E-state index in [0.29, 0.717) is 5.95 Å². The molecule has 32 heavy (non-hydrogen) atoms. The molecule has 0 spiro atoms. The highest BCUT2D eigenvalue weighted by atomic mass is 35.5. The Bertz CT molecular complexity index is 1210. The van der Waals surface area contributed by atoms with Gasteiger partial charge in [0.1, 0.15) is 0 Å². The van der Waals surface area contributed by atoms with Crippen LogP contribution in [0.1, 0.15) is 0 Å². The van der Waals surface area contributed by atoms with Crippen LogP contribution in [0, 0.1) is 0 Å². The van der Waals surface area contributed by atoms with Gasteiger partial charge >= 0.3 is 0 Å². The molecule has 2 heterocycles. The third kappa shape index (κ3) is 4.74. The summed E-state index contributed by atoms with van der Waals surface area (Å²) in [7, 11) is 0. The molecule has 0 amide bonds. The van der Waals surface area contributed by atoms with Gasteiger partial charge in [-0.1, -0.05) is 41.9 Å². The zero-order valence-corrected chi connectivity index (χ0v) is 18.3. The summed E-state index contributed by atoms with van der Waals surface area (Å²) in [5.74, 6) is 0.565. The number of anilines is 3. The largest absolute Gasteiger partial charge is 0.378 e. The zero-order chi connectivity index (χ0) is 21.8. The fourth-order valence-electron chi connectivity index (χ4n) is 3.81. The molecule has 1 fully saturated rings. The number of aromatic nitrogens is 2. The van der Waals surface area contributed by atoms with Crippen LogP contribution in [0.25, 0.3) is 22.4 Å². The van der Waals surface area contributed by atoms with Crippen molar-refractivity contribution in [2.75, 3.05) is 36.5 Å². The molecule has 0 atom stereocenters. The molecule has 1 aliphatic heterocycles. The number of nitrogens with one attached hydrogen (secondary N) is 1. The van der Waals surface area contributed by atoms with E-state index in [9.17, 15) is 0 Å². The average molecular weight is 443 g/mol. The van der Waals surface area contributed by atoms with E-state index in [2.05, 4.69) is 63.7 Å². The Morgan fingerprint density at radius 1 is 0.812 bits per heavy atom. The van der Waals surface area contributed by atoms with Crippen LogP contribution in [-0.4, -0.2) is 36.3 Å². The predicted molar refractivity (Wildman–Crippen MR) is 131 cm³/mol. The molecule has 0 radical (unpaired) electrons. The minimum atomic E-state index is 0.565. The topological polar surface area (TPSA) is 50.3 Å². The van der Waals surface area contributed by atoms with Gasteiger partial charge in [0.05, 0.1) is 18.9 Å². The Balaban J connectivity index is 1.34. The number of benzene rings is 3. The summed E-state index contributed by atoms with van der Waals surface area (Å²) < 4.78 is 5.43. The maximum absolute atomic E-state index is 6.17. The molecule has 0 bridgehead atoms. The number of halogens is 1. The number of rotatable bonds is 5. The van der Waals surface area contributed by atoms with Crippen molar-refractivity contribution in [2.24, 2.45) is 0 Å². The van der Waals surface area contributed by atoms with E-state index in [1.807, 2.05) is 30.3 Å². The van der Waals surface area contributed by atoms with Crippen molar-refractivity contribution < 1.29 is 4.74 Å². The number of hydrogen-bond donors (Lipinski definition) is 1. The molecular weight excluding hydrogens is 420 g/mol. The van der Waals surface area contributed by atoms with Gasteiger partial charge in [0.15, 0.2) is 0 Å². The fraction of sp³-hybridized carbons (Fsp3) is 0.154. The third-order valence-electron chi connectivity index (χ3n) is 5.47. The van der Waals surface area contributed by atoms with Crippen molar-refractivity contribution in [2.45, 2.75) is 0 Å². The van der Waals surface area contributed by atoms with Gasteiger partial charge in [-0.25, -0.2) is 9.97 Å². The van der Waals surface area contributed by atoms with Gasteiger partial charge in [-0.15, -0.1) is 0 Å². The number of hydrogen-bond acceptors (Lipinski definition) is 5.